The van der Waals surface area contributed by atoms with Crippen molar-refractivity contribution in [1.29, 1.82) is 0 Å². The van der Waals surface area contributed by atoms with Crippen molar-refractivity contribution in [3.63, 3.8) is 0 Å². The Labute approximate surface area is 192 Å². The lowest BCUT2D eigenvalue weighted by Crippen LogP contribution is -2.35. The van der Waals surface area contributed by atoms with Crippen LogP contribution in [0, 0.1) is 0 Å². The predicted molar refractivity (Wildman–Crippen MR) is 120 cm³/mol. The fourth-order valence-electron chi connectivity index (χ4n) is 2.86. The van der Waals surface area contributed by atoms with E-state index in [9.17, 15) is 18.0 Å². The summed E-state index contributed by atoms with van der Waals surface area (Å²) in [6, 6.07) is 21.4. The van der Waals surface area contributed by atoms with E-state index in [1.54, 1.807) is 37.3 Å². The van der Waals surface area contributed by atoms with Gasteiger partial charge in [0, 0.05) is 0 Å². The molecule has 0 spiro atoms. The van der Waals surface area contributed by atoms with Crippen molar-refractivity contribution in [3.8, 4) is 5.75 Å². The summed E-state index contributed by atoms with van der Waals surface area (Å²) in [6.07, 6.45) is -0.802. The van der Waals surface area contributed by atoms with Crippen molar-refractivity contribution in [3.05, 3.63) is 96.1 Å². The molecule has 3 rings (SSSR count). The maximum Gasteiger partial charge on any atom is 0.408 e. The van der Waals surface area contributed by atoms with Crippen molar-refractivity contribution in [2.24, 2.45) is 0 Å². The van der Waals surface area contributed by atoms with Crippen molar-refractivity contribution in [2.75, 3.05) is 6.61 Å². The second-order valence-corrected chi connectivity index (χ2v) is 8.36. The number of ether oxygens (including phenoxy) is 2. The van der Waals surface area contributed by atoms with Crippen molar-refractivity contribution < 1.29 is 31.7 Å². The minimum atomic E-state index is -4.01. The lowest BCUT2D eigenvalue weighted by molar-refractivity contribution is -0.145. The van der Waals surface area contributed by atoms with E-state index in [2.05, 4.69) is 5.32 Å². The summed E-state index contributed by atoms with van der Waals surface area (Å²) >= 11 is 0. The van der Waals surface area contributed by atoms with E-state index in [0.29, 0.717) is 5.56 Å². The van der Waals surface area contributed by atoms with Gasteiger partial charge in [-0.2, -0.15) is 8.42 Å². The Morgan fingerprint density at radius 2 is 1.45 bits per heavy atom. The standard InChI is InChI=1S/C24H23NO7S/c1-2-30-23(26)22(25-24(27)31-17-18-9-5-3-6-10-18)19-13-15-20(16-14-19)32-33(28,29)21-11-7-4-8-12-21/h3-16,22H,2,17H2,1H3,(H,25,27). The van der Waals surface area contributed by atoms with Crippen LogP contribution in [0.15, 0.2) is 89.8 Å². The van der Waals surface area contributed by atoms with Gasteiger partial charge in [-0.05, 0) is 42.3 Å². The Morgan fingerprint density at radius 1 is 0.848 bits per heavy atom. The lowest BCUT2D eigenvalue weighted by atomic mass is 10.1. The summed E-state index contributed by atoms with van der Waals surface area (Å²) < 4.78 is 40.1. The Morgan fingerprint density at radius 3 is 2.06 bits per heavy atom. The van der Waals surface area contributed by atoms with Crippen molar-refractivity contribution in [1.82, 2.24) is 5.32 Å². The van der Waals surface area contributed by atoms with Gasteiger partial charge in [0.05, 0.1) is 6.61 Å². The van der Waals surface area contributed by atoms with E-state index in [1.165, 1.54) is 36.4 Å². The van der Waals surface area contributed by atoms with E-state index in [-0.39, 0.29) is 23.9 Å². The van der Waals surface area contributed by atoms with Crippen LogP contribution in [0.25, 0.3) is 0 Å². The molecule has 1 amide bonds. The van der Waals surface area contributed by atoms with E-state index < -0.39 is 28.2 Å². The molecule has 0 saturated heterocycles. The van der Waals surface area contributed by atoms with Crippen LogP contribution >= 0.6 is 0 Å². The van der Waals surface area contributed by atoms with Gasteiger partial charge in [0.15, 0.2) is 6.04 Å². The molecule has 1 unspecified atom stereocenters. The average molecular weight is 470 g/mol. The van der Waals surface area contributed by atoms with Crippen LogP contribution in [-0.2, 0) is 31.0 Å². The average Bonchev–Trinajstić information content (AvgIpc) is 2.83. The largest absolute Gasteiger partial charge is 0.464 e. The molecule has 0 aliphatic rings. The van der Waals surface area contributed by atoms with Crippen LogP contribution in [-0.4, -0.2) is 27.1 Å². The molecule has 3 aromatic rings. The molecule has 0 saturated carbocycles. The number of nitrogens with one attached hydrogen (secondary N) is 1. The zero-order valence-corrected chi connectivity index (χ0v) is 18.7. The van der Waals surface area contributed by atoms with Gasteiger partial charge in [0.2, 0.25) is 0 Å². The molecule has 1 atom stereocenters. The van der Waals surface area contributed by atoms with Crippen LogP contribution in [0.4, 0.5) is 4.79 Å². The normalized spacial score (nSPS) is 11.8. The minimum Gasteiger partial charge on any atom is -0.464 e. The number of amides is 1. The molecule has 0 aliphatic carbocycles. The van der Waals surface area contributed by atoms with Gasteiger partial charge in [-0.25, -0.2) is 9.59 Å². The van der Waals surface area contributed by atoms with Gasteiger partial charge in [-0.15, -0.1) is 0 Å². The third-order valence-electron chi connectivity index (χ3n) is 4.45. The van der Waals surface area contributed by atoms with Crippen LogP contribution in [0.1, 0.15) is 24.1 Å². The van der Waals surface area contributed by atoms with Crippen molar-refractivity contribution >= 4 is 22.2 Å². The summed E-state index contributed by atoms with van der Waals surface area (Å²) in [4.78, 5) is 24.7. The molecule has 0 fully saturated rings. The van der Waals surface area contributed by atoms with Gasteiger partial charge in [0.1, 0.15) is 17.3 Å². The Kier molecular flexibility index (Phi) is 8.04. The molecule has 172 valence electrons. The molecule has 3 aromatic carbocycles. The summed E-state index contributed by atoms with van der Waals surface area (Å²) in [5.41, 5.74) is 1.16. The van der Waals surface area contributed by atoms with Crippen LogP contribution in [0.5, 0.6) is 5.75 Å². The monoisotopic (exact) mass is 469 g/mol. The van der Waals surface area contributed by atoms with Crippen LogP contribution < -0.4 is 9.50 Å². The zero-order valence-electron chi connectivity index (χ0n) is 17.8. The Balaban J connectivity index is 1.70. The lowest BCUT2D eigenvalue weighted by Gasteiger charge is -2.18. The third-order valence-corrected chi connectivity index (χ3v) is 5.71. The molecular weight excluding hydrogens is 446 g/mol. The van der Waals surface area contributed by atoms with E-state index in [1.807, 2.05) is 18.2 Å². The van der Waals surface area contributed by atoms with Crippen LogP contribution in [0.2, 0.25) is 0 Å². The van der Waals surface area contributed by atoms with E-state index >= 15 is 0 Å². The number of hydrogen-bond acceptors (Lipinski definition) is 7. The third kappa shape index (κ3) is 6.81. The predicted octanol–water partition coefficient (Wildman–Crippen LogP) is 3.98. The van der Waals surface area contributed by atoms with Gasteiger partial charge < -0.3 is 19.0 Å². The summed E-state index contributed by atoms with van der Waals surface area (Å²) in [5.74, 6) is -0.628. The van der Waals surface area contributed by atoms with Gasteiger partial charge in [0.25, 0.3) is 0 Å². The molecule has 9 heteroatoms. The first-order valence-corrected chi connectivity index (χ1v) is 11.5. The molecule has 0 heterocycles. The number of rotatable bonds is 9. The maximum atomic E-state index is 12.4. The highest BCUT2D eigenvalue weighted by atomic mass is 32.2. The number of esters is 1. The van der Waals surface area contributed by atoms with Crippen molar-refractivity contribution in [2.45, 2.75) is 24.5 Å². The topological polar surface area (TPSA) is 108 Å². The first-order chi connectivity index (χ1) is 15.9. The SMILES string of the molecule is CCOC(=O)C(NC(=O)OCc1ccccc1)c1ccc(OS(=O)(=O)c2ccccc2)cc1. The molecule has 1 N–H and O–H groups in total. The maximum absolute atomic E-state index is 12.4. The second kappa shape index (κ2) is 11.1. The highest BCUT2D eigenvalue weighted by molar-refractivity contribution is 7.87. The Hall–Kier alpha value is -3.85. The molecular formula is C24H23NO7S. The van der Waals surface area contributed by atoms with Gasteiger partial charge in [-0.3, -0.25) is 0 Å². The molecule has 0 aliphatic heterocycles. The zero-order chi connectivity index (χ0) is 23.7. The van der Waals surface area contributed by atoms with Gasteiger partial charge in [-0.1, -0.05) is 60.7 Å². The number of benzene rings is 3. The first kappa shape index (κ1) is 23.8. The summed E-state index contributed by atoms with van der Waals surface area (Å²) in [7, 11) is -4.01. The molecule has 8 nitrogen and oxygen atoms in total. The fourth-order valence-corrected chi connectivity index (χ4v) is 3.82. The number of hydrogen-bond donors (Lipinski definition) is 1. The molecule has 0 bridgehead atoms. The quantitative estimate of drug-likeness (QED) is 0.373. The summed E-state index contributed by atoms with van der Waals surface area (Å²) in [5, 5.41) is 2.49. The molecule has 0 aromatic heterocycles. The van der Waals surface area contributed by atoms with E-state index in [4.69, 9.17) is 13.7 Å². The Bertz CT molecular complexity index is 1160. The fraction of sp³-hybridized carbons (Fsp3) is 0.167. The second-order valence-electron chi connectivity index (χ2n) is 6.81. The smallest absolute Gasteiger partial charge is 0.408 e. The highest BCUT2D eigenvalue weighted by Gasteiger charge is 2.25. The molecule has 0 radical (unpaired) electrons. The van der Waals surface area contributed by atoms with Gasteiger partial charge >= 0.3 is 22.2 Å². The number of alkyl carbamates (subject to hydrolysis) is 1. The van der Waals surface area contributed by atoms with E-state index in [0.717, 1.165) is 5.56 Å². The van der Waals surface area contributed by atoms with Crippen LogP contribution in [0.3, 0.4) is 0 Å². The minimum absolute atomic E-state index is 0.0151. The first-order valence-electron chi connectivity index (χ1n) is 10.1. The summed E-state index contributed by atoms with van der Waals surface area (Å²) in [6.45, 7) is 1.80. The molecule has 33 heavy (non-hydrogen) atoms. The number of carbonyl (C=O) groups is 2. The highest BCUT2D eigenvalue weighted by Crippen LogP contribution is 2.22. The number of carbonyl (C=O) groups excluding carboxylic acids is 2.